The molecule has 0 amide bonds. The van der Waals surface area contributed by atoms with Crippen LogP contribution in [0.2, 0.25) is 0 Å². The molecular formula is C16H26O9. The van der Waals surface area contributed by atoms with Crippen LogP contribution in [0, 0.1) is 0 Å². The number of rotatable bonds is 4. The van der Waals surface area contributed by atoms with Gasteiger partial charge in [-0.2, -0.15) is 0 Å². The second-order valence-electron chi connectivity index (χ2n) is 6.43. The molecule has 0 unspecified atom stereocenters. The third-order valence-corrected chi connectivity index (χ3v) is 4.21. The molecule has 8 atom stereocenters. The van der Waals surface area contributed by atoms with Crippen molar-refractivity contribution >= 4 is 11.9 Å². The van der Waals surface area contributed by atoms with Crippen LogP contribution in [0.5, 0.6) is 0 Å². The maximum absolute atomic E-state index is 11.4. The lowest BCUT2D eigenvalue weighted by Crippen LogP contribution is -2.55. The van der Waals surface area contributed by atoms with Crippen LogP contribution in [-0.4, -0.2) is 71.4 Å². The predicted molar refractivity (Wildman–Crippen MR) is 82.1 cm³/mol. The zero-order chi connectivity index (χ0) is 18.7. The molecule has 0 bridgehead atoms. The molecule has 2 aliphatic heterocycles. The third-order valence-electron chi connectivity index (χ3n) is 4.21. The molecule has 2 aliphatic rings. The Kier molecular flexibility index (Phi) is 6.75. The van der Waals surface area contributed by atoms with Gasteiger partial charge in [0.15, 0.2) is 18.7 Å². The van der Waals surface area contributed by atoms with Gasteiger partial charge in [-0.3, -0.25) is 9.59 Å². The highest BCUT2D eigenvalue weighted by Gasteiger charge is 2.44. The van der Waals surface area contributed by atoms with E-state index in [1.807, 2.05) is 0 Å². The number of ether oxygens (including phenoxy) is 5. The number of carbonyl (C=O) groups excluding carboxylic acids is 2. The molecule has 0 radical (unpaired) electrons. The topological polar surface area (TPSA) is 121 Å². The Labute approximate surface area is 146 Å². The fraction of sp³-hybridized carbons (Fsp3) is 0.875. The molecule has 0 saturated carbocycles. The van der Waals surface area contributed by atoms with Crippen molar-refractivity contribution < 1.29 is 43.5 Å². The lowest BCUT2D eigenvalue weighted by molar-refractivity contribution is -0.308. The summed E-state index contributed by atoms with van der Waals surface area (Å²) < 4.78 is 27.2. The summed E-state index contributed by atoms with van der Waals surface area (Å²) in [6, 6.07) is 0. The van der Waals surface area contributed by atoms with Crippen molar-refractivity contribution in [2.75, 3.05) is 0 Å². The van der Waals surface area contributed by atoms with Crippen LogP contribution in [0.4, 0.5) is 0 Å². The molecule has 25 heavy (non-hydrogen) atoms. The Hall–Kier alpha value is -1.26. The number of hydrogen-bond acceptors (Lipinski definition) is 9. The minimum absolute atomic E-state index is 0.0285. The molecule has 0 spiro atoms. The quantitative estimate of drug-likeness (QED) is 0.658. The van der Waals surface area contributed by atoms with E-state index >= 15 is 0 Å². The molecule has 0 aliphatic carbocycles. The molecule has 0 aromatic carbocycles. The van der Waals surface area contributed by atoms with Crippen molar-refractivity contribution in [3.05, 3.63) is 0 Å². The van der Waals surface area contributed by atoms with Gasteiger partial charge in [-0.05, 0) is 13.8 Å². The average Bonchev–Trinajstić information content (AvgIpc) is 2.45. The second kappa shape index (κ2) is 8.41. The van der Waals surface area contributed by atoms with Gasteiger partial charge >= 0.3 is 11.9 Å². The van der Waals surface area contributed by atoms with Gasteiger partial charge in [-0.15, -0.1) is 0 Å². The molecule has 9 heteroatoms. The van der Waals surface area contributed by atoms with Gasteiger partial charge in [0.05, 0.1) is 18.3 Å². The zero-order valence-corrected chi connectivity index (χ0v) is 14.8. The van der Waals surface area contributed by atoms with Crippen LogP contribution in [0.1, 0.15) is 40.5 Å². The van der Waals surface area contributed by atoms with E-state index in [4.69, 9.17) is 23.7 Å². The van der Waals surface area contributed by atoms with Crippen molar-refractivity contribution in [2.45, 2.75) is 89.7 Å². The zero-order valence-electron chi connectivity index (χ0n) is 14.8. The van der Waals surface area contributed by atoms with Gasteiger partial charge in [0.1, 0.15) is 12.2 Å². The summed E-state index contributed by atoms with van der Waals surface area (Å²) in [5.41, 5.74) is 0. The standard InChI is InChI=1S/C16H26O9/c1-7-15(11(19)5-13(20)21-7)25-14-6-12(23-9(3)17)16(8(2)22-14)24-10(4)18/h7-8,11-16,19-20H,5-6H2,1-4H3/t7-,8-,11-,12-,13+,14-,15-,16-/m1/s1. The number of aliphatic hydroxyl groups excluding tert-OH is 2. The van der Waals surface area contributed by atoms with E-state index in [1.165, 1.54) is 13.8 Å². The minimum atomic E-state index is -1.04. The second-order valence-corrected chi connectivity index (χ2v) is 6.43. The molecule has 9 nitrogen and oxygen atoms in total. The maximum atomic E-state index is 11.4. The molecule has 2 rings (SSSR count). The lowest BCUT2D eigenvalue weighted by atomic mass is 10.00. The summed E-state index contributed by atoms with van der Waals surface area (Å²) in [6.45, 7) is 5.89. The van der Waals surface area contributed by atoms with E-state index in [-0.39, 0.29) is 12.8 Å². The molecular weight excluding hydrogens is 336 g/mol. The molecule has 0 aromatic rings. The normalized spacial score (nSPS) is 41.8. The van der Waals surface area contributed by atoms with Gasteiger partial charge in [0.25, 0.3) is 0 Å². The van der Waals surface area contributed by atoms with Gasteiger partial charge in [-0.25, -0.2) is 0 Å². The van der Waals surface area contributed by atoms with Crippen molar-refractivity contribution in [1.82, 2.24) is 0 Å². The highest BCUT2D eigenvalue weighted by Crippen LogP contribution is 2.30. The largest absolute Gasteiger partial charge is 0.458 e. The highest BCUT2D eigenvalue weighted by atomic mass is 16.7. The van der Waals surface area contributed by atoms with Crippen molar-refractivity contribution in [3.8, 4) is 0 Å². The first-order valence-corrected chi connectivity index (χ1v) is 8.34. The SMILES string of the molecule is CC(=O)O[C@@H]1[C@@H](C)O[C@H](O[C@H]2[C@H](O)C[C@@H](O)O[C@@H]2C)C[C@H]1OC(C)=O. The molecule has 2 heterocycles. The number of esters is 2. The summed E-state index contributed by atoms with van der Waals surface area (Å²) >= 11 is 0. The monoisotopic (exact) mass is 362 g/mol. The van der Waals surface area contributed by atoms with Crippen LogP contribution in [0.3, 0.4) is 0 Å². The maximum Gasteiger partial charge on any atom is 0.303 e. The third kappa shape index (κ3) is 5.35. The number of aliphatic hydroxyl groups is 2. The molecule has 2 fully saturated rings. The fourth-order valence-corrected chi connectivity index (χ4v) is 3.19. The number of carbonyl (C=O) groups is 2. The van der Waals surface area contributed by atoms with Gasteiger partial charge in [0, 0.05) is 26.7 Å². The van der Waals surface area contributed by atoms with Crippen LogP contribution in [0.25, 0.3) is 0 Å². The molecule has 2 saturated heterocycles. The highest BCUT2D eigenvalue weighted by molar-refractivity contribution is 5.67. The lowest BCUT2D eigenvalue weighted by Gasteiger charge is -2.42. The van der Waals surface area contributed by atoms with Crippen LogP contribution >= 0.6 is 0 Å². The van der Waals surface area contributed by atoms with E-state index < -0.39 is 61.1 Å². The Balaban J connectivity index is 2.05. The Morgan fingerprint density at radius 3 is 2.08 bits per heavy atom. The first kappa shape index (κ1) is 20.1. The van der Waals surface area contributed by atoms with Gasteiger partial charge in [0.2, 0.25) is 0 Å². The summed E-state index contributed by atoms with van der Waals surface area (Å²) in [6.07, 6.45) is -5.87. The summed E-state index contributed by atoms with van der Waals surface area (Å²) in [7, 11) is 0. The van der Waals surface area contributed by atoms with Crippen LogP contribution in [0.15, 0.2) is 0 Å². The van der Waals surface area contributed by atoms with Gasteiger partial charge in [-0.1, -0.05) is 0 Å². The smallest absolute Gasteiger partial charge is 0.303 e. The molecule has 0 aromatic heterocycles. The fourth-order valence-electron chi connectivity index (χ4n) is 3.19. The van der Waals surface area contributed by atoms with Crippen LogP contribution in [-0.2, 0) is 33.3 Å². The number of hydrogen-bond donors (Lipinski definition) is 2. The summed E-state index contributed by atoms with van der Waals surface area (Å²) in [4.78, 5) is 22.6. The Morgan fingerprint density at radius 2 is 1.52 bits per heavy atom. The van der Waals surface area contributed by atoms with E-state index in [2.05, 4.69) is 0 Å². The molecule has 2 N–H and O–H groups in total. The first-order chi connectivity index (χ1) is 11.7. The van der Waals surface area contributed by atoms with Crippen LogP contribution < -0.4 is 0 Å². The molecule has 144 valence electrons. The van der Waals surface area contributed by atoms with Gasteiger partial charge < -0.3 is 33.9 Å². The first-order valence-electron chi connectivity index (χ1n) is 8.34. The van der Waals surface area contributed by atoms with E-state index in [0.29, 0.717) is 0 Å². The van der Waals surface area contributed by atoms with E-state index in [0.717, 1.165) is 0 Å². The minimum Gasteiger partial charge on any atom is -0.458 e. The van der Waals surface area contributed by atoms with E-state index in [1.54, 1.807) is 13.8 Å². The Morgan fingerprint density at radius 1 is 0.920 bits per heavy atom. The Bertz CT molecular complexity index is 470. The van der Waals surface area contributed by atoms with E-state index in [9.17, 15) is 19.8 Å². The van der Waals surface area contributed by atoms with Crippen molar-refractivity contribution in [3.63, 3.8) is 0 Å². The summed E-state index contributed by atoms with van der Waals surface area (Å²) in [5, 5.41) is 19.6. The average molecular weight is 362 g/mol. The summed E-state index contributed by atoms with van der Waals surface area (Å²) in [5.74, 6) is -1.01. The van der Waals surface area contributed by atoms with Crippen molar-refractivity contribution in [2.24, 2.45) is 0 Å². The predicted octanol–water partition coefficient (Wildman–Crippen LogP) is -0.142. The van der Waals surface area contributed by atoms with Crippen molar-refractivity contribution in [1.29, 1.82) is 0 Å².